The molecule has 0 rings (SSSR count). The molecule has 0 heterocycles. The van der Waals surface area contributed by atoms with E-state index in [-0.39, 0.29) is 36.0 Å². The zero-order valence-electron chi connectivity index (χ0n) is 13.7. The van der Waals surface area contributed by atoms with Crippen LogP contribution in [0, 0.1) is 0 Å². The first-order valence-corrected chi connectivity index (χ1v) is 7.60. The molecule has 0 aromatic carbocycles. The number of hydrogen-bond acceptors (Lipinski definition) is 5. The van der Waals surface area contributed by atoms with Crippen molar-refractivity contribution in [1.29, 1.82) is 0 Å². The summed E-state index contributed by atoms with van der Waals surface area (Å²) in [4.78, 5) is 33.4. The van der Waals surface area contributed by atoms with Gasteiger partial charge in [0.05, 0.1) is 5.97 Å². The zero-order chi connectivity index (χ0) is 16.3. The molecule has 0 bridgehead atoms. The first-order valence-electron chi connectivity index (χ1n) is 7.60. The van der Waals surface area contributed by atoms with Crippen LogP contribution in [-0.4, -0.2) is 28.4 Å². The molecule has 0 unspecified atom stereocenters. The van der Waals surface area contributed by atoms with Crippen LogP contribution in [0.1, 0.15) is 71.1 Å². The van der Waals surface area contributed by atoms with Crippen molar-refractivity contribution in [2.75, 3.05) is 0 Å². The van der Waals surface area contributed by atoms with Crippen LogP contribution in [0.25, 0.3) is 0 Å². The Kier molecular flexibility index (Phi) is 14.1. The normalized spacial score (nSPS) is 13.0. The Bertz CT molecular complexity index is 362. The number of carbonyl (C=O) groups is 3. The molecule has 0 spiro atoms. The SMILES string of the molecule is CCCCCCCCCC(=O)[C@](N)(CCC(=O)O)C(=O)[O-].[Na+]. The predicted octanol–water partition coefficient (Wildman–Crippen LogP) is -1.99. The fraction of sp³-hybridized carbons (Fsp3) is 0.800. The topological polar surface area (TPSA) is 121 Å². The molecule has 0 saturated heterocycles. The van der Waals surface area contributed by atoms with Gasteiger partial charge in [-0.2, -0.15) is 0 Å². The van der Waals surface area contributed by atoms with E-state index in [1.807, 2.05) is 0 Å². The second-order valence-electron chi connectivity index (χ2n) is 5.45. The number of Topliss-reactive ketones (excluding diaryl/α,β-unsaturated/α-hetero) is 1. The molecule has 7 heteroatoms. The smallest absolute Gasteiger partial charge is 0.548 e. The molecule has 0 radical (unpaired) electrons. The van der Waals surface area contributed by atoms with Crippen LogP contribution in [0.5, 0.6) is 0 Å². The number of carboxylic acids is 2. The van der Waals surface area contributed by atoms with Gasteiger partial charge in [-0.15, -0.1) is 0 Å². The number of carbonyl (C=O) groups excluding carboxylic acids is 2. The predicted molar refractivity (Wildman–Crippen MR) is 76.4 cm³/mol. The van der Waals surface area contributed by atoms with Gasteiger partial charge in [0, 0.05) is 12.8 Å². The van der Waals surface area contributed by atoms with E-state index in [1.165, 1.54) is 19.3 Å². The number of rotatable bonds is 13. The van der Waals surface area contributed by atoms with Gasteiger partial charge in [0.25, 0.3) is 0 Å². The summed E-state index contributed by atoms with van der Waals surface area (Å²) in [5, 5.41) is 19.6. The molecule has 0 saturated carbocycles. The molecule has 0 aromatic rings. The third kappa shape index (κ3) is 9.56. The number of carboxylic acid groups (broad SMARTS) is 2. The van der Waals surface area contributed by atoms with Crippen molar-refractivity contribution in [3.63, 3.8) is 0 Å². The maximum atomic E-state index is 11.9. The molecule has 0 aromatic heterocycles. The van der Waals surface area contributed by atoms with E-state index in [9.17, 15) is 19.5 Å². The Labute approximate surface area is 154 Å². The van der Waals surface area contributed by atoms with Crippen LogP contribution in [0.4, 0.5) is 0 Å². The fourth-order valence-corrected chi connectivity index (χ4v) is 2.13. The van der Waals surface area contributed by atoms with Crippen LogP contribution >= 0.6 is 0 Å². The third-order valence-corrected chi connectivity index (χ3v) is 3.60. The van der Waals surface area contributed by atoms with Gasteiger partial charge in [0.1, 0.15) is 5.54 Å². The van der Waals surface area contributed by atoms with E-state index in [1.54, 1.807) is 0 Å². The molecule has 3 N–H and O–H groups in total. The quantitative estimate of drug-likeness (QED) is 0.230. The summed E-state index contributed by atoms with van der Waals surface area (Å²) in [7, 11) is 0. The van der Waals surface area contributed by atoms with Crippen molar-refractivity contribution >= 4 is 17.7 Å². The van der Waals surface area contributed by atoms with Gasteiger partial charge in [-0.05, 0) is 12.8 Å². The molecule has 0 fully saturated rings. The number of hydrogen-bond donors (Lipinski definition) is 2. The van der Waals surface area contributed by atoms with E-state index in [2.05, 4.69) is 6.92 Å². The molecule has 0 amide bonds. The van der Waals surface area contributed by atoms with Crippen LogP contribution in [-0.2, 0) is 14.4 Å². The van der Waals surface area contributed by atoms with Crippen LogP contribution < -0.4 is 40.4 Å². The average molecular weight is 323 g/mol. The second kappa shape index (κ2) is 13.0. The minimum Gasteiger partial charge on any atom is -0.548 e. The second-order valence-corrected chi connectivity index (χ2v) is 5.45. The van der Waals surface area contributed by atoms with E-state index in [4.69, 9.17) is 10.8 Å². The monoisotopic (exact) mass is 323 g/mol. The van der Waals surface area contributed by atoms with Gasteiger partial charge in [0.2, 0.25) is 0 Å². The van der Waals surface area contributed by atoms with Crippen molar-refractivity contribution in [3.05, 3.63) is 0 Å². The molecule has 0 aliphatic heterocycles. The largest absolute Gasteiger partial charge is 1.00 e. The summed E-state index contributed by atoms with van der Waals surface area (Å²) in [6.07, 6.45) is 6.23. The maximum absolute atomic E-state index is 11.9. The molecular formula is C15H26NNaO5. The average Bonchev–Trinajstić information content (AvgIpc) is 2.43. The van der Waals surface area contributed by atoms with Crippen molar-refractivity contribution in [3.8, 4) is 0 Å². The molecular weight excluding hydrogens is 297 g/mol. The van der Waals surface area contributed by atoms with Crippen LogP contribution in [0.3, 0.4) is 0 Å². The number of nitrogens with two attached hydrogens (primary N) is 1. The summed E-state index contributed by atoms with van der Waals surface area (Å²) in [5.74, 6) is -3.52. The number of unbranched alkanes of at least 4 members (excludes halogenated alkanes) is 6. The van der Waals surface area contributed by atoms with Crippen LogP contribution in [0.15, 0.2) is 0 Å². The van der Waals surface area contributed by atoms with Crippen LogP contribution in [0.2, 0.25) is 0 Å². The van der Waals surface area contributed by atoms with Gasteiger partial charge in [-0.3, -0.25) is 9.59 Å². The van der Waals surface area contributed by atoms with Crippen molar-refractivity contribution < 1.29 is 54.2 Å². The van der Waals surface area contributed by atoms with Gasteiger partial charge in [-0.25, -0.2) is 0 Å². The van der Waals surface area contributed by atoms with E-state index >= 15 is 0 Å². The number of aliphatic carboxylic acids is 2. The first-order chi connectivity index (χ1) is 9.84. The molecule has 0 aliphatic rings. The first kappa shape index (κ1) is 23.8. The maximum Gasteiger partial charge on any atom is 1.00 e. The zero-order valence-corrected chi connectivity index (χ0v) is 15.7. The van der Waals surface area contributed by atoms with Crippen molar-refractivity contribution in [2.45, 2.75) is 76.7 Å². The Morgan fingerprint density at radius 2 is 1.50 bits per heavy atom. The standard InChI is InChI=1S/C15H27NO5.Na/c1-2-3-4-5-6-7-8-9-12(17)15(16,14(20)21)11-10-13(18)19;/h2-11,16H2,1H3,(H,18,19)(H,20,21);/q;+1/p-1/t15-;/m1./s1. The minimum atomic E-state index is -2.18. The van der Waals surface area contributed by atoms with Gasteiger partial charge in [0.15, 0.2) is 5.78 Å². The summed E-state index contributed by atoms with van der Waals surface area (Å²) in [6.45, 7) is 2.14. The summed E-state index contributed by atoms with van der Waals surface area (Å²) >= 11 is 0. The minimum absolute atomic E-state index is 0. The Morgan fingerprint density at radius 3 is 1.95 bits per heavy atom. The molecule has 6 nitrogen and oxygen atoms in total. The molecule has 122 valence electrons. The molecule has 22 heavy (non-hydrogen) atoms. The van der Waals surface area contributed by atoms with Crippen molar-refractivity contribution in [1.82, 2.24) is 0 Å². The fourth-order valence-electron chi connectivity index (χ4n) is 2.13. The van der Waals surface area contributed by atoms with E-state index in [0.29, 0.717) is 6.42 Å². The van der Waals surface area contributed by atoms with Gasteiger partial charge < -0.3 is 20.7 Å². The van der Waals surface area contributed by atoms with Gasteiger partial charge in [-0.1, -0.05) is 45.4 Å². The summed E-state index contributed by atoms with van der Waals surface area (Å²) < 4.78 is 0. The Morgan fingerprint density at radius 1 is 1.00 bits per heavy atom. The number of ketones is 1. The Balaban J connectivity index is 0. The van der Waals surface area contributed by atoms with E-state index < -0.39 is 36.1 Å². The summed E-state index contributed by atoms with van der Waals surface area (Å²) in [6, 6.07) is 0. The summed E-state index contributed by atoms with van der Waals surface area (Å²) in [5.41, 5.74) is 3.36. The molecule has 1 atom stereocenters. The Hall–Kier alpha value is -0.430. The molecule has 0 aliphatic carbocycles. The van der Waals surface area contributed by atoms with Crippen molar-refractivity contribution in [2.24, 2.45) is 5.73 Å². The van der Waals surface area contributed by atoms with Gasteiger partial charge >= 0.3 is 35.5 Å². The third-order valence-electron chi connectivity index (χ3n) is 3.60. The van der Waals surface area contributed by atoms with E-state index in [0.717, 1.165) is 19.3 Å².